The maximum absolute atomic E-state index is 12.9. The van der Waals surface area contributed by atoms with Gasteiger partial charge in [0.2, 0.25) is 5.78 Å². The van der Waals surface area contributed by atoms with Crippen LogP contribution < -0.4 is 4.74 Å². The van der Waals surface area contributed by atoms with Crippen LogP contribution in [0.1, 0.15) is 22.0 Å². The Morgan fingerprint density at radius 1 is 0.783 bits per heavy atom. The number of hydrogen-bond acceptors (Lipinski definition) is 3. The number of phenols is 1. The van der Waals surface area contributed by atoms with Crippen molar-refractivity contribution in [2.75, 3.05) is 0 Å². The van der Waals surface area contributed by atoms with Crippen molar-refractivity contribution in [3.05, 3.63) is 96.1 Å². The van der Waals surface area contributed by atoms with Gasteiger partial charge in [0.25, 0.3) is 0 Å². The number of hydrogen-bond donors (Lipinski definition) is 1. The molecule has 3 heteroatoms. The van der Waals surface area contributed by atoms with Gasteiger partial charge in [0.1, 0.15) is 0 Å². The largest absolute Gasteiger partial charge is 0.504 e. The predicted molar refractivity (Wildman–Crippen MR) is 88.7 cm³/mol. The highest BCUT2D eigenvalue weighted by molar-refractivity contribution is 6.00. The molecule has 0 heterocycles. The number of phenolic OH excluding ortho intramolecular Hbond substituents is 1. The molecule has 0 aliphatic carbocycles. The van der Waals surface area contributed by atoms with Crippen molar-refractivity contribution in [1.82, 2.24) is 0 Å². The number of rotatable bonds is 5. The van der Waals surface area contributed by atoms with Crippen molar-refractivity contribution in [3.8, 4) is 11.5 Å². The molecular weight excluding hydrogens is 288 g/mol. The Labute approximate surface area is 134 Å². The van der Waals surface area contributed by atoms with Gasteiger partial charge >= 0.3 is 0 Å². The van der Waals surface area contributed by atoms with E-state index in [-0.39, 0.29) is 17.3 Å². The van der Waals surface area contributed by atoms with E-state index in [1.807, 2.05) is 48.5 Å². The fourth-order valence-electron chi connectivity index (χ4n) is 2.34. The molecule has 1 atom stereocenters. The van der Waals surface area contributed by atoms with Crippen molar-refractivity contribution < 1.29 is 14.6 Å². The Kier molecular flexibility index (Phi) is 4.39. The minimum Gasteiger partial charge on any atom is -0.504 e. The third-order valence-electron chi connectivity index (χ3n) is 3.51. The summed E-state index contributed by atoms with van der Waals surface area (Å²) < 4.78 is 5.85. The maximum atomic E-state index is 12.9. The summed E-state index contributed by atoms with van der Waals surface area (Å²) in [7, 11) is 0. The number of Topliss-reactive ketones (excluding diaryl/α,β-unsaturated/α-hetero) is 1. The highest BCUT2D eigenvalue weighted by Crippen LogP contribution is 2.31. The number of carbonyl (C=O) groups excluding carboxylic acids is 1. The Morgan fingerprint density at radius 3 is 2.00 bits per heavy atom. The summed E-state index contributed by atoms with van der Waals surface area (Å²) >= 11 is 0. The molecule has 0 saturated carbocycles. The van der Waals surface area contributed by atoms with E-state index in [1.165, 1.54) is 6.07 Å². The summed E-state index contributed by atoms with van der Waals surface area (Å²) in [6, 6.07) is 24.9. The van der Waals surface area contributed by atoms with Crippen molar-refractivity contribution in [2.45, 2.75) is 6.10 Å². The summed E-state index contributed by atoms with van der Waals surface area (Å²) in [4.78, 5) is 12.9. The summed E-state index contributed by atoms with van der Waals surface area (Å²) in [5.41, 5.74) is 1.31. The summed E-state index contributed by atoms with van der Waals surface area (Å²) in [6.07, 6.45) is -0.813. The first-order valence-electron chi connectivity index (χ1n) is 7.34. The summed E-state index contributed by atoms with van der Waals surface area (Å²) in [6.45, 7) is 0. The van der Waals surface area contributed by atoms with Gasteiger partial charge in [-0.2, -0.15) is 0 Å². The highest BCUT2D eigenvalue weighted by atomic mass is 16.5. The molecule has 1 N–H and O–H groups in total. The van der Waals surface area contributed by atoms with Crippen LogP contribution in [0.15, 0.2) is 84.9 Å². The molecule has 0 aromatic heterocycles. The van der Waals surface area contributed by atoms with Crippen LogP contribution in [0, 0.1) is 0 Å². The van der Waals surface area contributed by atoms with Gasteiger partial charge in [0.05, 0.1) is 0 Å². The van der Waals surface area contributed by atoms with E-state index < -0.39 is 6.10 Å². The number of para-hydroxylation sites is 2. The molecule has 3 nitrogen and oxygen atoms in total. The lowest BCUT2D eigenvalue weighted by atomic mass is 10.00. The van der Waals surface area contributed by atoms with E-state index in [9.17, 15) is 9.90 Å². The molecule has 0 radical (unpaired) electrons. The number of aromatic hydroxyl groups is 1. The topological polar surface area (TPSA) is 46.5 Å². The van der Waals surface area contributed by atoms with Crippen LogP contribution >= 0.6 is 0 Å². The van der Waals surface area contributed by atoms with Crippen molar-refractivity contribution in [3.63, 3.8) is 0 Å². The minimum atomic E-state index is -0.813. The SMILES string of the molecule is O=C(c1ccccc1)C(Oc1ccccc1O)c1ccccc1. The molecule has 114 valence electrons. The fourth-order valence-corrected chi connectivity index (χ4v) is 2.34. The molecule has 3 aromatic rings. The molecule has 0 aliphatic heterocycles. The third-order valence-corrected chi connectivity index (χ3v) is 3.51. The second-order valence-electron chi connectivity index (χ2n) is 5.11. The first-order chi connectivity index (χ1) is 11.3. The molecule has 23 heavy (non-hydrogen) atoms. The Hall–Kier alpha value is -3.07. The van der Waals surface area contributed by atoms with E-state index in [0.29, 0.717) is 5.56 Å². The van der Waals surface area contributed by atoms with Gasteiger partial charge in [-0.05, 0) is 12.1 Å². The van der Waals surface area contributed by atoms with Gasteiger partial charge in [-0.15, -0.1) is 0 Å². The van der Waals surface area contributed by atoms with Crippen LogP contribution in [-0.4, -0.2) is 10.9 Å². The van der Waals surface area contributed by atoms with Crippen LogP contribution in [0.5, 0.6) is 11.5 Å². The zero-order valence-electron chi connectivity index (χ0n) is 12.4. The van der Waals surface area contributed by atoms with E-state index in [4.69, 9.17) is 4.74 Å². The fraction of sp³-hybridized carbons (Fsp3) is 0.0500. The number of benzene rings is 3. The Balaban J connectivity index is 1.98. The quantitative estimate of drug-likeness (QED) is 0.711. The lowest BCUT2D eigenvalue weighted by Gasteiger charge is -2.19. The monoisotopic (exact) mass is 304 g/mol. The second kappa shape index (κ2) is 6.79. The normalized spacial score (nSPS) is 11.7. The molecule has 3 aromatic carbocycles. The van der Waals surface area contributed by atoms with E-state index >= 15 is 0 Å². The number of ether oxygens (including phenoxy) is 1. The van der Waals surface area contributed by atoms with Crippen molar-refractivity contribution >= 4 is 5.78 Å². The first-order valence-corrected chi connectivity index (χ1v) is 7.34. The molecule has 0 spiro atoms. The lowest BCUT2D eigenvalue weighted by Crippen LogP contribution is -2.19. The smallest absolute Gasteiger partial charge is 0.207 e. The van der Waals surface area contributed by atoms with Gasteiger partial charge in [-0.3, -0.25) is 4.79 Å². The maximum Gasteiger partial charge on any atom is 0.207 e. The molecule has 0 saturated heterocycles. The van der Waals surface area contributed by atoms with Crippen LogP contribution in [0.25, 0.3) is 0 Å². The molecule has 3 rings (SSSR count). The first kappa shape index (κ1) is 14.9. The van der Waals surface area contributed by atoms with E-state index in [0.717, 1.165) is 5.56 Å². The van der Waals surface area contributed by atoms with Gasteiger partial charge in [0.15, 0.2) is 17.6 Å². The standard InChI is InChI=1S/C20H16O3/c21-17-13-7-8-14-18(17)23-20(16-11-5-2-6-12-16)19(22)15-9-3-1-4-10-15/h1-14,20-21H. The Bertz CT molecular complexity index is 782. The minimum absolute atomic E-state index is 0.00860. The van der Waals surface area contributed by atoms with Crippen molar-refractivity contribution in [2.24, 2.45) is 0 Å². The van der Waals surface area contributed by atoms with Gasteiger partial charge in [0, 0.05) is 11.1 Å². The zero-order chi connectivity index (χ0) is 16.1. The third kappa shape index (κ3) is 3.40. The van der Waals surface area contributed by atoms with Gasteiger partial charge < -0.3 is 9.84 Å². The Morgan fingerprint density at radius 2 is 1.35 bits per heavy atom. The van der Waals surface area contributed by atoms with Crippen LogP contribution in [0.4, 0.5) is 0 Å². The molecule has 0 aliphatic rings. The highest BCUT2D eigenvalue weighted by Gasteiger charge is 2.24. The van der Waals surface area contributed by atoms with E-state index in [1.54, 1.807) is 30.3 Å². The molecular formula is C20H16O3. The molecule has 0 amide bonds. The number of carbonyl (C=O) groups is 1. The molecule has 0 bridgehead atoms. The summed E-state index contributed by atoms with van der Waals surface area (Å²) in [5, 5.41) is 9.92. The van der Waals surface area contributed by atoms with Crippen LogP contribution in [0.3, 0.4) is 0 Å². The average Bonchev–Trinajstić information content (AvgIpc) is 2.62. The molecule has 1 unspecified atom stereocenters. The summed E-state index contributed by atoms with van der Waals surface area (Å²) in [5.74, 6) is 0.139. The number of ketones is 1. The molecule has 0 fully saturated rings. The van der Waals surface area contributed by atoms with E-state index in [2.05, 4.69) is 0 Å². The van der Waals surface area contributed by atoms with Gasteiger partial charge in [-0.25, -0.2) is 0 Å². The zero-order valence-corrected chi connectivity index (χ0v) is 12.4. The average molecular weight is 304 g/mol. The predicted octanol–water partition coefficient (Wildman–Crippen LogP) is 4.40. The van der Waals surface area contributed by atoms with Crippen LogP contribution in [-0.2, 0) is 0 Å². The van der Waals surface area contributed by atoms with Crippen LogP contribution in [0.2, 0.25) is 0 Å². The van der Waals surface area contributed by atoms with Gasteiger partial charge in [-0.1, -0.05) is 72.8 Å². The second-order valence-corrected chi connectivity index (χ2v) is 5.11. The van der Waals surface area contributed by atoms with Crippen molar-refractivity contribution in [1.29, 1.82) is 0 Å². The lowest BCUT2D eigenvalue weighted by molar-refractivity contribution is 0.0788.